The number of fused-ring (bicyclic) bond motifs is 1. The van der Waals surface area contributed by atoms with Gasteiger partial charge in [0.15, 0.2) is 9.99 Å². The normalized spacial score (nSPS) is 10.9. The molecular formula is C9H8BrN3OS2. The standard InChI is InChI=1S/C9H8BrN3OS2/c1-5(10)3-13-4-11-7-6(8(13)14)16-9(12-7)15-2/h4H,1,3H2,2H3. The van der Waals surface area contributed by atoms with Gasteiger partial charge in [-0.3, -0.25) is 9.36 Å². The molecule has 2 heterocycles. The molecule has 16 heavy (non-hydrogen) atoms. The van der Waals surface area contributed by atoms with Crippen molar-refractivity contribution in [1.29, 1.82) is 0 Å². The molecule has 7 heteroatoms. The van der Waals surface area contributed by atoms with Crippen molar-refractivity contribution in [2.24, 2.45) is 0 Å². The van der Waals surface area contributed by atoms with Crippen molar-refractivity contribution in [3.05, 3.63) is 27.7 Å². The fraction of sp³-hybridized carbons (Fsp3) is 0.222. The lowest BCUT2D eigenvalue weighted by Gasteiger charge is -2.01. The van der Waals surface area contributed by atoms with Crippen molar-refractivity contribution in [3.63, 3.8) is 0 Å². The minimum absolute atomic E-state index is 0.0663. The van der Waals surface area contributed by atoms with E-state index in [-0.39, 0.29) is 5.56 Å². The van der Waals surface area contributed by atoms with Gasteiger partial charge >= 0.3 is 0 Å². The summed E-state index contributed by atoms with van der Waals surface area (Å²) in [6.45, 7) is 4.13. The Kier molecular flexibility index (Phi) is 3.46. The first-order valence-corrected chi connectivity index (χ1v) is 7.18. The zero-order chi connectivity index (χ0) is 11.7. The van der Waals surface area contributed by atoms with Crippen LogP contribution in [0.3, 0.4) is 0 Å². The maximum Gasteiger partial charge on any atom is 0.273 e. The number of aromatic nitrogens is 3. The van der Waals surface area contributed by atoms with Crippen LogP contribution in [0.15, 0.2) is 26.5 Å². The highest BCUT2D eigenvalue weighted by molar-refractivity contribution is 9.11. The third-order valence-corrected chi connectivity index (χ3v) is 4.15. The second-order valence-corrected chi connectivity index (χ2v) is 6.21. The monoisotopic (exact) mass is 317 g/mol. The molecular weight excluding hydrogens is 310 g/mol. The van der Waals surface area contributed by atoms with Gasteiger partial charge in [-0.2, -0.15) is 0 Å². The molecule has 0 fully saturated rings. The summed E-state index contributed by atoms with van der Waals surface area (Å²) in [6.07, 6.45) is 3.43. The Morgan fingerprint density at radius 3 is 3.12 bits per heavy atom. The van der Waals surface area contributed by atoms with Crippen molar-refractivity contribution in [1.82, 2.24) is 14.5 Å². The average molecular weight is 318 g/mol. The van der Waals surface area contributed by atoms with Crippen LogP contribution in [0.25, 0.3) is 10.3 Å². The number of nitrogens with zero attached hydrogens (tertiary/aromatic N) is 3. The average Bonchev–Trinajstić information content (AvgIpc) is 2.65. The number of rotatable bonds is 3. The highest BCUT2D eigenvalue weighted by atomic mass is 79.9. The lowest BCUT2D eigenvalue weighted by molar-refractivity contribution is 0.763. The zero-order valence-electron chi connectivity index (χ0n) is 8.44. The van der Waals surface area contributed by atoms with Crippen molar-refractivity contribution in [2.75, 3.05) is 6.26 Å². The highest BCUT2D eigenvalue weighted by Gasteiger charge is 2.10. The third-order valence-electron chi connectivity index (χ3n) is 1.88. The van der Waals surface area contributed by atoms with Gasteiger partial charge in [-0.25, -0.2) is 9.97 Å². The summed E-state index contributed by atoms with van der Waals surface area (Å²) in [5, 5.41) is 0. The van der Waals surface area contributed by atoms with Gasteiger partial charge in [0.2, 0.25) is 0 Å². The minimum atomic E-state index is -0.0663. The molecule has 0 unspecified atom stereocenters. The molecule has 0 saturated heterocycles. The summed E-state index contributed by atoms with van der Waals surface area (Å²) in [7, 11) is 0. The second-order valence-electron chi connectivity index (χ2n) is 3.03. The van der Waals surface area contributed by atoms with Gasteiger partial charge < -0.3 is 0 Å². The van der Waals surface area contributed by atoms with E-state index in [9.17, 15) is 4.79 Å². The predicted molar refractivity (Wildman–Crippen MR) is 71.5 cm³/mol. The first-order valence-electron chi connectivity index (χ1n) is 4.35. The Morgan fingerprint density at radius 1 is 1.75 bits per heavy atom. The largest absolute Gasteiger partial charge is 0.293 e. The lowest BCUT2D eigenvalue weighted by atomic mass is 10.5. The Morgan fingerprint density at radius 2 is 2.50 bits per heavy atom. The summed E-state index contributed by atoms with van der Waals surface area (Å²) in [5.41, 5.74) is 0.458. The Balaban J connectivity index is 2.59. The van der Waals surface area contributed by atoms with E-state index < -0.39 is 0 Å². The molecule has 84 valence electrons. The van der Waals surface area contributed by atoms with Crippen LogP contribution >= 0.6 is 39.0 Å². The first kappa shape index (κ1) is 11.8. The molecule has 0 radical (unpaired) electrons. The zero-order valence-corrected chi connectivity index (χ0v) is 11.7. The number of allylic oxidation sites excluding steroid dienone is 1. The van der Waals surface area contributed by atoms with Gasteiger partial charge in [-0.05, 0) is 6.26 Å². The summed E-state index contributed by atoms with van der Waals surface area (Å²) in [6, 6.07) is 0. The molecule has 0 amide bonds. The summed E-state index contributed by atoms with van der Waals surface area (Å²) < 4.78 is 3.71. The third kappa shape index (κ3) is 2.21. The van der Waals surface area contributed by atoms with E-state index in [0.29, 0.717) is 16.9 Å². The van der Waals surface area contributed by atoms with E-state index >= 15 is 0 Å². The molecule has 0 aliphatic carbocycles. The van der Waals surface area contributed by atoms with E-state index in [1.54, 1.807) is 0 Å². The predicted octanol–water partition coefficient (Wildman–Crippen LogP) is 2.48. The number of thiazole rings is 1. The fourth-order valence-electron chi connectivity index (χ4n) is 1.21. The summed E-state index contributed by atoms with van der Waals surface area (Å²) in [4.78, 5) is 20.4. The van der Waals surface area contributed by atoms with E-state index in [2.05, 4.69) is 32.5 Å². The van der Waals surface area contributed by atoms with Crippen LogP contribution in [-0.4, -0.2) is 20.8 Å². The lowest BCUT2D eigenvalue weighted by Crippen LogP contribution is -2.19. The van der Waals surface area contributed by atoms with Crippen LogP contribution < -0.4 is 5.56 Å². The van der Waals surface area contributed by atoms with Gasteiger partial charge in [0.05, 0.1) is 6.54 Å². The molecule has 4 nitrogen and oxygen atoms in total. The molecule has 2 aromatic rings. The van der Waals surface area contributed by atoms with Crippen molar-refractivity contribution >= 4 is 49.4 Å². The molecule has 0 spiro atoms. The summed E-state index contributed by atoms with van der Waals surface area (Å²) in [5.74, 6) is 0. The molecule has 2 rings (SSSR count). The second kappa shape index (κ2) is 4.68. The SMILES string of the molecule is C=C(Br)Cn1cnc2nc(SC)sc2c1=O. The molecule has 0 aliphatic rings. The van der Waals surface area contributed by atoms with Crippen LogP contribution in [-0.2, 0) is 6.54 Å². The number of thioether (sulfide) groups is 1. The smallest absolute Gasteiger partial charge is 0.273 e. The minimum Gasteiger partial charge on any atom is -0.293 e. The van der Waals surface area contributed by atoms with Crippen LogP contribution in [0.2, 0.25) is 0 Å². The highest BCUT2D eigenvalue weighted by Crippen LogP contribution is 2.24. The van der Waals surface area contributed by atoms with E-state index in [4.69, 9.17) is 0 Å². The maximum absolute atomic E-state index is 12.0. The van der Waals surface area contributed by atoms with E-state index in [1.807, 2.05) is 6.26 Å². The number of hydrogen-bond acceptors (Lipinski definition) is 5. The summed E-state index contributed by atoms with van der Waals surface area (Å²) >= 11 is 6.12. The Labute approximate surface area is 109 Å². The van der Waals surface area contributed by atoms with Crippen LogP contribution in [0, 0.1) is 0 Å². The molecule has 2 aromatic heterocycles. The van der Waals surface area contributed by atoms with Gasteiger partial charge in [0.1, 0.15) is 11.0 Å². The van der Waals surface area contributed by atoms with Crippen molar-refractivity contribution in [3.8, 4) is 0 Å². The molecule has 0 aromatic carbocycles. The molecule has 0 N–H and O–H groups in total. The fourth-order valence-corrected chi connectivity index (χ4v) is 2.94. The number of hydrogen-bond donors (Lipinski definition) is 0. The van der Waals surface area contributed by atoms with Crippen LogP contribution in [0.4, 0.5) is 0 Å². The van der Waals surface area contributed by atoms with E-state index in [1.165, 1.54) is 34.0 Å². The van der Waals surface area contributed by atoms with Crippen molar-refractivity contribution < 1.29 is 0 Å². The first-order chi connectivity index (χ1) is 7.61. The topological polar surface area (TPSA) is 47.8 Å². The molecule has 0 saturated carbocycles. The molecule has 0 atom stereocenters. The van der Waals surface area contributed by atoms with Gasteiger partial charge in [-0.1, -0.05) is 34.3 Å². The molecule has 0 bridgehead atoms. The quantitative estimate of drug-likeness (QED) is 0.816. The Bertz CT molecular complexity index is 604. The van der Waals surface area contributed by atoms with E-state index in [0.717, 1.165) is 8.82 Å². The van der Waals surface area contributed by atoms with Crippen molar-refractivity contribution in [2.45, 2.75) is 10.9 Å². The number of halogens is 1. The van der Waals surface area contributed by atoms with Crippen LogP contribution in [0.5, 0.6) is 0 Å². The molecule has 0 aliphatic heterocycles. The van der Waals surface area contributed by atoms with Gasteiger partial charge in [-0.15, -0.1) is 11.3 Å². The van der Waals surface area contributed by atoms with Gasteiger partial charge in [0.25, 0.3) is 5.56 Å². The van der Waals surface area contributed by atoms with Gasteiger partial charge in [0, 0.05) is 4.48 Å². The Hall–Kier alpha value is -0.660. The van der Waals surface area contributed by atoms with Crippen LogP contribution in [0.1, 0.15) is 0 Å². The maximum atomic E-state index is 12.0.